The zero-order chi connectivity index (χ0) is 13.1. The molecular weight excluding hydrogens is 236 g/mol. The Hall–Kier alpha value is -1.13. The standard InChI is InChI=1S/C15H24N4/c1-18(11-12-19-9-7-16-8-10-19)15-6-5-13-3-2-4-14(13)17-15/h5-6,16H,2-4,7-12H2,1H3. The number of nitrogens with zero attached hydrogens (tertiary/aromatic N) is 3. The highest BCUT2D eigenvalue weighted by Crippen LogP contribution is 2.22. The summed E-state index contributed by atoms with van der Waals surface area (Å²) in [6.45, 7) is 6.79. The summed E-state index contributed by atoms with van der Waals surface area (Å²) in [7, 11) is 2.16. The molecule has 0 radical (unpaired) electrons. The summed E-state index contributed by atoms with van der Waals surface area (Å²) in [6.07, 6.45) is 3.65. The van der Waals surface area contributed by atoms with Gasteiger partial charge < -0.3 is 10.2 Å². The lowest BCUT2D eigenvalue weighted by atomic mass is 10.2. The van der Waals surface area contributed by atoms with E-state index < -0.39 is 0 Å². The molecule has 1 aliphatic carbocycles. The van der Waals surface area contributed by atoms with Gasteiger partial charge in [-0.25, -0.2) is 4.98 Å². The summed E-state index contributed by atoms with van der Waals surface area (Å²) >= 11 is 0. The van der Waals surface area contributed by atoms with Gasteiger partial charge in [-0.15, -0.1) is 0 Å². The number of likely N-dealkylation sites (N-methyl/N-ethyl adjacent to an activating group) is 1. The second-order valence-electron chi connectivity index (χ2n) is 5.64. The molecule has 0 bridgehead atoms. The van der Waals surface area contributed by atoms with Gasteiger partial charge in [0, 0.05) is 52.0 Å². The predicted molar refractivity (Wildman–Crippen MR) is 78.8 cm³/mol. The van der Waals surface area contributed by atoms with Gasteiger partial charge in [-0.2, -0.15) is 0 Å². The maximum absolute atomic E-state index is 4.81. The van der Waals surface area contributed by atoms with E-state index in [1.54, 1.807) is 0 Å². The fourth-order valence-corrected chi connectivity index (χ4v) is 2.96. The highest BCUT2D eigenvalue weighted by molar-refractivity contribution is 5.42. The van der Waals surface area contributed by atoms with E-state index in [0.717, 1.165) is 38.4 Å². The van der Waals surface area contributed by atoms with Crippen LogP contribution in [0.15, 0.2) is 12.1 Å². The van der Waals surface area contributed by atoms with Crippen molar-refractivity contribution in [1.82, 2.24) is 15.2 Å². The zero-order valence-corrected chi connectivity index (χ0v) is 11.9. The summed E-state index contributed by atoms with van der Waals surface area (Å²) in [6, 6.07) is 4.45. The van der Waals surface area contributed by atoms with E-state index in [-0.39, 0.29) is 0 Å². The summed E-state index contributed by atoms with van der Waals surface area (Å²) in [4.78, 5) is 9.63. The van der Waals surface area contributed by atoms with Crippen LogP contribution in [-0.4, -0.2) is 56.2 Å². The Morgan fingerprint density at radius 1 is 1.26 bits per heavy atom. The monoisotopic (exact) mass is 260 g/mol. The number of anilines is 1. The molecule has 0 unspecified atom stereocenters. The average Bonchev–Trinajstić information content (AvgIpc) is 2.93. The minimum absolute atomic E-state index is 1.06. The minimum atomic E-state index is 1.06. The molecule has 0 spiro atoms. The van der Waals surface area contributed by atoms with Gasteiger partial charge in [0.1, 0.15) is 5.82 Å². The number of rotatable bonds is 4. The molecule has 0 saturated carbocycles. The van der Waals surface area contributed by atoms with E-state index in [0.29, 0.717) is 0 Å². The molecule has 3 rings (SSSR count). The molecule has 4 nitrogen and oxygen atoms in total. The summed E-state index contributed by atoms with van der Waals surface area (Å²) in [5.74, 6) is 1.13. The lowest BCUT2D eigenvalue weighted by Gasteiger charge is -2.29. The van der Waals surface area contributed by atoms with Gasteiger partial charge in [0.25, 0.3) is 0 Å². The Morgan fingerprint density at radius 3 is 2.95 bits per heavy atom. The van der Waals surface area contributed by atoms with Gasteiger partial charge in [-0.3, -0.25) is 4.90 Å². The molecule has 1 aromatic heterocycles. The molecule has 0 amide bonds. The number of fused-ring (bicyclic) bond motifs is 1. The molecule has 2 heterocycles. The van der Waals surface area contributed by atoms with E-state index in [4.69, 9.17) is 4.98 Å². The Bertz CT molecular complexity index is 426. The number of pyridine rings is 1. The van der Waals surface area contributed by atoms with Crippen LogP contribution in [-0.2, 0) is 12.8 Å². The van der Waals surface area contributed by atoms with Gasteiger partial charge in [-0.05, 0) is 30.9 Å². The normalized spacial score (nSPS) is 19.4. The highest BCUT2D eigenvalue weighted by Gasteiger charge is 2.15. The first-order chi connectivity index (χ1) is 9.33. The SMILES string of the molecule is CN(CCN1CCNCC1)c1ccc2c(n1)CCC2. The Labute approximate surface area is 115 Å². The molecular formula is C15H24N4. The average molecular weight is 260 g/mol. The van der Waals surface area contributed by atoms with Crippen molar-refractivity contribution in [3.8, 4) is 0 Å². The van der Waals surface area contributed by atoms with Crippen molar-refractivity contribution in [1.29, 1.82) is 0 Å². The van der Waals surface area contributed by atoms with Crippen LogP contribution in [0.1, 0.15) is 17.7 Å². The topological polar surface area (TPSA) is 31.4 Å². The molecule has 1 fully saturated rings. The Balaban J connectivity index is 1.56. The molecule has 1 saturated heterocycles. The van der Waals surface area contributed by atoms with Crippen LogP contribution in [0.2, 0.25) is 0 Å². The number of hydrogen-bond donors (Lipinski definition) is 1. The predicted octanol–water partition coefficient (Wildman–Crippen LogP) is 0.912. The first-order valence-electron chi connectivity index (χ1n) is 7.46. The Kier molecular flexibility index (Phi) is 3.99. The quantitative estimate of drug-likeness (QED) is 0.872. The van der Waals surface area contributed by atoms with Crippen molar-refractivity contribution in [2.75, 3.05) is 51.2 Å². The van der Waals surface area contributed by atoms with Gasteiger partial charge >= 0.3 is 0 Å². The summed E-state index contributed by atoms with van der Waals surface area (Å²) in [5, 5.41) is 3.39. The van der Waals surface area contributed by atoms with Crippen LogP contribution in [0.4, 0.5) is 5.82 Å². The van der Waals surface area contributed by atoms with Crippen LogP contribution in [0, 0.1) is 0 Å². The van der Waals surface area contributed by atoms with E-state index in [9.17, 15) is 0 Å². The van der Waals surface area contributed by atoms with Crippen molar-refractivity contribution >= 4 is 5.82 Å². The maximum atomic E-state index is 4.81. The molecule has 0 atom stereocenters. The lowest BCUT2D eigenvalue weighted by Crippen LogP contribution is -2.46. The largest absolute Gasteiger partial charge is 0.358 e. The van der Waals surface area contributed by atoms with Gasteiger partial charge in [0.2, 0.25) is 0 Å². The van der Waals surface area contributed by atoms with Crippen molar-refractivity contribution in [3.63, 3.8) is 0 Å². The van der Waals surface area contributed by atoms with Gasteiger partial charge in [0.05, 0.1) is 0 Å². The van der Waals surface area contributed by atoms with Crippen LogP contribution < -0.4 is 10.2 Å². The number of aryl methyl sites for hydroxylation is 2. The fourth-order valence-electron chi connectivity index (χ4n) is 2.96. The number of aromatic nitrogens is 1. The maximum Gasteiger partial charge on any atom is 0.128 e. The lowest BCUT2D eigenvalue weighted by molar-refractivity contribution is 0.246. The molecule has 104 valence electrons. The van der Waals surface area contributed by atoms with E-state index >= 15 is 0 Å². The van der Waals surface area contributed by atoms with Crippen molar-refractivity contribution in [3.05, 3.63) is 23.4 Å². The fraction of sp³-hybridized carbons (Fsp3) is 0.667. The number of nitrogens with one attached hydrogen (secondary N) is 1. The van der Waals surface area contributed by atoms with Crippen molar-refractivity contribution < 1.29 is 0 Å². The molecule has 0 aromatic carbocycles. The molecule has 1 N–H and O–H groups in total. The first kappa shape index (κ1) is 12.9. The van der Waals surface area contributed by atoms with Crippen molar-refractivity contribution in [2.24, 2.45) is 0 Å². The third-order valence-corrected chi connectivity index (χ3v) is 4.27. The molecule has 19 heavy (non-hydrogen) atoms. The van der Waals surface area contributed by atoms with Crippen molar-refractivity contribution in [2.45, 2.75) is 19.3 Å². The summed E-state index contributed by atoms with van der Waals surface area (Å²) < 4.78 is 0. The molecule has 1 aromatic rings. The molecule has 2 aliphatic rings. The zero-order valence-electron chi connectivity index (χ0n) is 11.9. The van der Waals surface area contributed by atoms with Crippen LogP contribution >= 0.6 is 0 Å². The van der Waals surface area contributed by atoms with E-state index in [1.165, 1.54) is 37.2 Å². The van der Waals surface area contributed by atoms with Gasteiger partial charge in [0.15, 0.2) is 0 Å². The molecule has 4 heteroatoms. The van der Waals surface area contributed by atoms with Crippen LogP contribution in [0.3, 0.4) is 0 Å². The minimum Gasteiger partial charge on any atom is -0.358 e. The van der Waals surface area contributed by atoms with Crippen LogP contribution in [0.5, 0.6) is 0 Å². The van der Waals surface area contributed by atoms with E-state index in [2.05, 4.69) is 34.3 Å². The second kappa shape index (κ2) is 5.88. The summed E-state index contributed by atoms with van der Waals surface area (Å²) in [5.41, 5.74) is 2.78. The Morgan fingerprint density at radius 2 is 2.11 bits per heavy atom. The number of hydrogen-bond acceptors (Lipinski definition) is 4. The second-order valence-corrected chi connectivity index (χ2v) is 5.64. The number of piperazine rings is 1. The third-order valence-electron chi connectivity index (χ3n) is 4.27. The smallest absolute Gasteiger partial charge is 0.128 e. The first-order valence-corrected chi connectivity index (χ1v) is 7.46. The highest BCUT2D eigenvalue weighted by atomic mass is 15.2. The van der Waals surface area contributed by atoms with Crippen LogP contribution in [0.25, 0.3) is 0 Å². The van der Waals surface area contributed by atoms with E-state index in [1.807, 2.05) is 0 Å². The molecule has 1 aliphatic heterocycles. The van der Waals surface area contributed by atoms with Gasteiger partial charge in [-0.1, -0.05) is 6.07 Å². The third kappa shape index (κ3) is 3.07.